The van der Waals surface area contributed by atoms with Crippen LogP contribution in [0.1, 0.15) is 19.3 Å². The van der Waals surface area contributed by atoms with Crippen LogP contribution in [0.5, 0.6) is 0 Å². The topological polar surface area (TPSA) is 88.8 Å². The van der Waals surface area contributed by atoms with Crippen LogP contribution in [0, 0.1) is 0 Å². The fourth-order valence-electron chi connectivity index (χ4n) is 1.80. The van der Waals surface area contributed by atoms with Crippen molar-refractivity contribution in [2.24, 2.45) is 5.73 Å². The predicted octanol–water partition coefficient (Wildman–Crippen LogP) is -0.322. The number of hydrogen-bond donors (Lipinski definition) is 3. The van der Waals surface area contributed by atoms with Crippen molar-refractivity contribution in [3.8, 4) is 0 Å². The average molecular weight is 274 g/mol. The minimum absolute atomic E-state index is 0.283. The number of rotatable bonds is 9. The van der Waals surface area contributed by atoms with Crippen LogP contribution in [0.2, 0.25) is 0 Å². The fourth-order valence-corrected chi connectivity index (χ4v) is 1.80. The maximum Gasteiger partial charge on any atom is 0.338 e. The maximum atomic E-state index is 11.3. The third kappa shape index (κ3) is 8.77. The van der Waals surface area contributed by atoms with Gasteiger partial charge in [-0.1, -0.05) is 6.42 Å². The molecular formula is C12H26N4O3. The zero-order chi connectivity index (χ0) is 13.8. The fraction of sp³-hybridized carbons (Fsp3) is 0.917. The molecule has 1 aliphatic rings. The Labute approximate surface area is 114 Å². The lowest BCUT2D eigenvalue weighted by atomic mass is 10.2. The van der Waals surface area contributed by atoms with E-state index >= 15 is 0 Å². The number of carbonyl (C=O) groups excluding carboxylic acids is 1. The molecule has 7 nitrogen and oxygen atoms in total. The Hall–Kier alpha value is -0.890. The Kier molecular flexibility index (Phi) is 9.34. The smallest absolute Gasteiger partial charge is 0.338 e. The van der Waals surface area contributed by atoms with E-state index in [1.54, 1.807) is 0 Å². The average Bonchev–Trinajstić information content (AvgIpc) is 2.44. The number of morpholine rings is 1. The summed E-state index contributed by atoms with van der Waals surface area (Å²) in [7, 11) is 0. The van der Waals surface area contributed by atoms with Crippen molar-refractivity contribution >= 4 is 6.03 Å². The van der Waals surface area contributed by atoms with Gasteiger partial charge in [0.25, 0.3) is 0 Å². The van der Waals surface area contributed by atoms with E-state index in [2.05, 4.69) is 15.7 Å². The Morgan fingerprint density at radius 2 is 2.05 bits per heavy atom. The molecule has 1 saturated heterocycles. The molecule has 1 rings (SSSR count). The van der Waals surface area contributed by atoms with Crippen LogP contribution in [0.3, 0.4) is 0 Å². The third-order valence-electron chi connectivity index (χ3n) is 2.94. The van der Waals surface area contributed by atoms with Gasteiger partial charge in [0.15, 0.2) is 0 Å². The van der Waals surface area contributed by atoms with Crippen molar-refractivity contribution in [1.29, 1.82) is 0 Å². The van der Waals surface area contributed by atoms with E-state index < -0.39 is 0 Å². The molecule has 1 heterocycles. The minimum atomic E-state index is -0.283. The van der Waals surface area contributed by atoms with Crippen LogP contribution in [-0.4, -0.2) is 63.5 Å². The molecule has 4 N–H and O–H groups in total. The summed E-state index contributed by atoms with van der Waals surface area (Å²) in [5.41, 5.74) is 7.76. The Morgan fingerprint density at radius 1 is 1.26 bits per heavy atom. The molecule has 0 aliphatic carbocycles. The van der Waals surface area contributed by atoms with E-state index in [0.717, 1.165) is 52.1 Å². The first-order valence-electron chi connectivity index (χ1n) is 6.98. The number of hydrogen-bond acceptors (Lipinski definition) is 5. The second-order valence-corrected chi connectivity index (χ2v) is 4.51. The van der Waals surface area contributed by atoms with Gasteiger partial charge in [-0.3, -0.25) is 9.74 Å². The number of nitrogens with two attached hydrogens (primary N) is 1. The lowest BCUT2D eigenvalue weighted by molar-refractivity contribution is 0.00502. The van der Waals surface area contributed by atoms with E-state index in [1.165, 1.54) is 0 Å². The van der Waals surface area contributed by atoms with E-state index in [-0.39, 0.29) is 6.03 Å². The molecule has 0 atom stereocenters. The normalized spacial score (nSPS) is 16.3. The Morgan fingerprint density at radius 3 is 2.79 bits per heavy atom. The molecule has 0 aromatic heterocycles. The molecule has 0 aromatic rings. The quantitative estimate of drug-likeness (QED) is 0.396. The van der Waals surface area contributed by atoms with Gasteiger partial charge in [-0.05, 0) is 19.4 Å². The number of nitrogens with zero attached hydrogens (tertiary/aromatic N) is 1. The second kappa shape index (κ2) is 11.0. The maximum absolute atomic E-state index is 11.3. The van der Waals surface area contributed by atoms with Crippen LogP contribution in [0.25, 0.3) is 0 Å². The van der Waals surface area contributed by atoms with Crippen LogP contribution in [0.15, 0.2) is 0 Å². The molecule has 112 valence electrons. The molecule has 0 bridgehead atoms. The minimum Gasteiger partial charge on any atom is -0.379 e. The van der Waals surface area contributed by atoms with Gasteiger partial charge in [0.2, 0.25) is 0 Å². The zero-order valence-corrected chi connectivity index (χ0v) is 11.5. The molecule has 1 aliphatic heterocycles. The number of ether oxygens (including phenoxy) is 1. The monoisotopic (exact) mass is 274 g/mol. The van der Waals surface area contributed by atoms with Crippen molar-refractivity contribution in [2.75, 3.05) is 52.5 Å². The van der Waals surface area contributed by atoms with Crippen LogP contribution in [0.4, 0.5) is 4.79 Å². The van der Waals surface area contributed by atoms with Gasteiger partial charge in [0.05, 0.1) is 19.8 Å². The van der Waals surface area contributed by atoms with E-state index in [0.29, 0.717) is 19.7 Å². The summed E-state index contributed by atoms with van der Waals surface area (Å²) in [5, 5.41) is 2.73. The van der Waals surface area contributed by atoms with Crippen molar-refractivity contribution in [3.63, 3.8) is 0 Å². The van der Waals surface area contributed by atoms with Crippen LogP contribution >= 0.6 is 0 Å². The third-order valence-corrected chi connectivity index (χ3v) is 2.94. The van der Waals surface area contributed by atoms with Gasteiger partial charge < -0.3 is 15.8 Å². The molecule has 0 radical (unpaired) electrons. The van der Waals surface area contributed by atoms with Gasteiger partial charge in [0.1, 0.15) is 0 Å². The molecule has 0 unspecified atom stereocenters. The largest absolute Gasteiger partial charge is 0.379 e. The predicted molar refractivity (Wildman–Crippen MR) is 72.7 cm³/mol. The highest BCUT2D eigenvalue weighted by Gasteiger charge is 2.09. The van der Waals surface area contributed by atoms with Gasteiger partial charge in [0, 0.05) is 26.2 Å². The summed E-state index contributed by atoms with van der Waals surface area (Å²) in [6, 6.07) is -0.283. The highest BCUT2D eigenvalue weighted by atomic mass is 16.7. The lowest BCUT2D eigenvalue weighted by Gasteiger charge is -2.26. The van der Waals surface area contributed by atoms with Crippen LogP contribution < -0.4 is 16.5 Å². The highest BCUT2D eigenvalue weighted by Crippen LogP contribution is 1.95. The molecule has 0 saturated carbocycles. The summed E-state index contributed by atoms with van der Waals surface area (Å²) in [5.74, 6) is 0. The van der Waals surface area contributed by atoms with E-state index in [4.69, 9.17) is 15.3 Å². The number of hydroxylamine groups is 1. The number of nitrogens with one attached hydrogen (secondary N) is 2. The van der Waals surface area contributed by atoms with Crippen molar-refractivity contribution in [1.82, 2.24) is 15.7 Å². The first-order valence-corrected chi connectivity index (χ1v) is 6.98. The molecular weight excluding hydrogens is 248 g/mol. The summed E-state index contributed by atoms with van der Waals surface area (Å²) >= 11 is 0. The summed E-state index contributed by atoms with van der Waals surface area (Å²) in [6.07, 6.45) is 2.98. The number of urea groups is 1. The summed E-state index contributed by atoms with van der Waals surface area (Å²) in [6.45, 7) is 6.05. The standard InChI is InChI=1S/C12H26N4O3/c13-4-2-1-3-5-14-12(17)15-19-11-8-16-6-9-18-10-7-16/h1-11,13H2,(H2,14,15,17). The van der Waals surface area contributed by atoms with Gasteiger partial charge in [-0.15, -0.1) is 0 Å². The number of carbonyl (C=O) groups is 1. The SMILES string of the molecule is NCCCCCNC(=O)NOCCN1CCOCC1. The second-order valence-electron chi connectivity index (χ2n) is 4.51. The number of unbranched alkanes of at least 4 members (excludes halogenated alkanes) is 2. The van der Waals surface area contributed by atoms with E-state index in [1.807, 2.05) is 0 Å². The zero-order valence-electron chi connectivity index (χ0n) is 11.5. The summed E-state index contributed by atoms with van der Waals surface area (Å²) < 4.78 is 5.25. The van der Waals surface area contributed by atoms with Crippen LogP contribution in [-0.2, 0) is 9.57 Å². The molecule has 19 heavy (non-hydrogen) atoms. The van der Waals surface area contributed by atoms with E-state index in [9.17, 15) is 4.79 Å². The summed E-state index contributed by atoms with van der Waals surface area (Å²) in [4.78, 5) is 18.7. The molecule has 7 heteroatoms. The lowest BCUT2D eigenvalue weighted by Crippen LogP contribution is -2.41. The number of amides is 2. The molecule has 0 aromatic carbocycles. The first kappa shape index (κ1) is 16.2. The van der Waals surface area contributed by atoms with Crippen molar-refractivity contribution in [2.45, 2.75) is 19.3 Å². The Balaban J connectivity index is 1.86. The Bertz CT molecular complexity index is 235. The molecule has 1 fully saturated rings. The van der Waals surface area contributed by atoms with Gasteiger partial charge in [-0.2, -0.15) is 0 Å². The highest BCUT2D eigenvalue weighted by molar-refractivity contribution is 5.72. The van der Waals surface area contributed by atoms with Crippen molar-refractivity contribution < 1.29 is 14.4 Å². The van der Waals surface area contributed by atoms with Crippen molar-refractivity contribution in [3.05, 3.63) is 0 Å². The van der Waals surface area contributed by atoms with Gasteiger partial charge >= 0.3 is 6.03 Å². The first-order chi connectivity index (χ1) is 9.33. The molecule has 2 amide bonds. The molecule has 0 spiro atoms. The van der Waals surface area contributed by atoms with Gasteiger partial charge in [-0.25, -0.2) is 10.3 Å².